The van der Waals surface area contributed by atoms with Gasteiger partial charge < -0.3 is 9.73 Å². The number of nitrogens with one attached hydrogen (secondary N) is 1. The second-order valence-electron chi connectivity index (χ2n) is 5.58. The SMILES string of the molecule is CS(=O)(=O)c1nc2cc(NC(=O)c3ccc(C(F)(F)F)cc3Cl)ccc2o1. The van der Waals surface area contributed by atoms with E-state index in [-0.39, 0.29) is 27.4 Å². The summed E-state index contributed by atoms with van der Waals surface area (Å²) in [7, 11) is -3.64. The Morgan fingerprint density at radius 2 is 1.89 bits per heavy atom. The third-order valence-corrected chi connectivity index (χ3v) is 4.61. The Bertz CT molecular complexity index is 1160. The Morgan fingerprint density at radius 3 is 2.48 bits per heavy atom. The van der Waals surface area contributed by atoms with Crippen molar-refractivity contribution in [3.63, 3.8) is 0 Å². The van der Waals surface area contributed by atoms with Crippen LogP contribution in [0.25, 0.3) is 11.1 Å². The van der Waals surface area contributed by atoms with E-state index in [4.69, 9.17) is 16.0 Å². The molecule has 11 heteroatoms. The van der Waals surface area contributed by atoms with E-state index in [0.717, 1.165) is 18.4 Å². The zero-order valence-electron chi connectivity index (χ0n) is 13.5. The van der Waals surface area contributed by atoms with Gasteiger partial charge in [-0.25, -0.2) is 8.42 Å². The molecule has 0 aliphatic heterocycles. The summed E-state index contributed by atoms with van der Waals surface area (Å²) in [6.07, 6.45) is -3.64. The number of amides is 1. The molecule has 0 atom stereocenters. The molecule has 1 aromatic heterocycles. The van der Waals surface area contributed by atoms with Crippen molar-refractivity contribution in [1.29, 1.82) is 0 Å². The highest BCUT2D eigenvalue weighted by molar-refractivity contribution is 7.90. The molecule has 3 aromatic rings. The number of nitrogens with zero attached hydrogens (tertiary/aromatic N) is 1. The lowest BCUT2D eigenvalue weighted by Crippen LogP contribution is -2.13. The van der Waals surface area contributed by atoms with Crippen LogP contribution < -0.4 is 5.32 Å². The maximum Gasteiger partial charge on any atom is 0.416 e. The number of benzene rings is 2. The number of sulfone groups is 1. The molecule has 0 bridgehead atoms. The van der Waals surface area contributed by atoms with Gasteiger partial charge >= 0.3 is 11.4 Å². The summed E-state index contributed by atoms with van der Waals surface area (Å²) in [5.74, 6) is -0.736. The van der Waals surface area contributed by atoms with Gasteiger partial charge in [0.05, 0.1) is 16.1 Å². The van der Waals surface area contributed by atoms with Gasteiger partial charge in [-0.3, -0.25) is 4.79 Å². The molecule has 0 saturated carbocycles. The Labute approximate surface area is 155 Å². The number of halogens is 4. The molecule has 0 unspecified atom stereocenters. The summed E-state index contributed by atoms with van der Waals surface area (Å²) < 4.78 is 66.0. The Hall–Kier alpha value is -2.59. The lowest BCUT2D eigenvalue weighted by Gasteiger charge is -2.10. The second kappa shape index (κ2) is 6.54. The van der Waals surface area contributed by atoms with Crippen LogP contribution in [0.5, 0.6) is 0 Å². The van der Waals surface area contributed by atoms with Crippen LogP contribution in [0.4, 0.5) is 18.9 Å². The number of carbonyl (C=O) groups excluding carboxylic acids is 1. The van der Waals surface area contributed by atoms with E-state index in [2.05, 4.69) is 10.3 Å². The van der Waals surface area contributed by atoms with Crippen LogP contribution in [0.1, 0.15) is 15.9 Å². The summed E-state index contributed by atoms with van der Waals surface area (Å²) in [6.45, 7) is 0. The molecule has 6 nitrogen and oxygen atoms in total. The van der Waals surface area contributed by atoms with Gasteiger partial charge in [-0.2, -0.15) is 18.2 Å². The van der Waals surface area contributed by atoms with Gasteiger partial charge in [0.15, 0.2) is 5.58 Å². The Kier molecular flexibility index (Phi) is 4.64. The van der Waals surface area contributed by atoms with Crippen molar-refractivity contribution >= 4 is 44.1 Å². The average Bonchev–Trinajstić information content (AvgIpc) is 2.97. The molecule has 0 radical (unpaired) electrons. The average molecular weight is 419 g/mol. The second-order valence-corrected chi connectivity index (χ2v) is 7.88. The van der Waals surface area contributed by atoms with Crippen LogP contribution in [0.2, 0.25) is 5.02 Å². The number of rotatable bonds is 3. The lowest BCUT2D eigenvalue weighted by molar-refractivity contribution is -0.137. The van der Waals surface area contributed by atoms with E-state index >= 15 is 0 Å². The van der Waals surface area contributed by atoms with Crippen molar-refractivity contribution in [2.75, 3.05) is 11.6 Å². The van der Waals surface area contributed by atoms with Gasteiger partial charge in [0, 0.05) is 11.9 Å². The highest BCUT2D eigenvalue weighted by atomic mass is 35.5. The van der Waals surface area contributed by atoms with E-state index in [0.29, 0.717) is 6.07 Å². The fourth-order valence-corrected chi connectivity index (χ4v) is 2.99. The minimum absolute atomic E-state index is 0.151. The molecular formula is C16H10ClF3N2O4S. The van der Waals surface area contributed by atoms with Crippen LogP contribution in [0, 0.1) is 0 Å². The van der Waals surface area contributed by atoms with E-state index < -0.39 is 32.7 Å². The third-order valence-electron chi connectivity index (χ3n) is 3.48. The third kappa shape index (κ3) is 4.06. The molecule has 1 N–H and O–H groups in total. The van der Waals surface area contributed by atoms with E-state index in [1.165, 1.54) is 18.2 Å². The molecule has 3 rings (SSSR count). The lowest BCUT2D eigenvalue weighted by atomic mass is 10.1. The predicted molar refractivity (Wildman–Crippen MR) is 91.5 cm³/mol. The van der Waals surface area contributed by atoms with Gasteiger partial charge in [-0.1, -0.05) is 11.6 Å². The van der Waals surface area contributed by atoms with Crippen molar-refractivity contribution < 1.29 is 30.8 Å². The maximum atomic E-state index is 12.7. The van der Waals surface area contributed by atoms with Crippen molar-refractivity contribution in [3.05, 3.63) is 52.5 Å². The van der Waals surface area contributed by atoms with Crippen LogP contribution in [0.3, 0.4) is 0 Å². The smallest absolute Gasteiger partial charge is 0.416 e. The van der Waals surface area contributed by atoms with Gasteiger partial charge in [0.2, 0.25) is 9.84 Å². The fourth-order valence-electron chi connectivity index (χ4n) is 2.22. The summed E-state index contributed by atoms with van der Waals surface area (Å²) in [5, 5.41) is 1.64. The zero-order valence-corrected chi connectivity index (χ0v) is 15.0. The van der Waals surface area contributed by atoms with Crippen LogP contribution >= 0.6 is 11.6 Å². The monoisotopic (exact) mass is 418 g/mol. The van der Waals surface area contributed by atoms with Crippen molar-refractivity contribution in [3.8, 4) is 0 Å². The summed E-state index contributed by atoms with van der Waals surface area (Å²) in [6, 6.07) is 6.58. The fraction of sp³-hybridized carbons (Fsp3) is 0.125. The molecule has 142 valence electrons. The van der Waals surface area contributed by atoms with Crippen LogP contribution in [-0.2, 0) is 16.0 Å². The number of hydrogen-bond donors (Lipinski definition) is 1. The molecule has 0 spiro atoms. The molecular weight excluding hydrogens is 409 g/mol. The first-order chi connectivity index (χ1) is 12.4. The molecule has 27 heavy (non-hydrogen) atoms. The molecule has 0 saturated heterocycles. The minimum atomic E-state index is -4.58. The molecule has 0 aliphatic carbocycles. The first-order valence-electron chi connectivity index (χ1n) is 7.24. The van der Waals surface area contributed by atoms with Crippen LogP contribution in [-0.4, -0.2) is 25.6 Å². The summed E-state index contributed by atoms with van der Waals surface area (Å²) >= 11 is 5.79. The number of alkyl halides is 3. The molecule has 0 aliphatic rings. The predicted octanol–water partition coefficient (Wildman–Crippen LogP) is 4.16. The van der Waals surface area contributed by atoms with Crippen molar-refractivity contribution in [2.24, 2.45) is 0 Å². The number of hydrogen-bond acceptors (Lipinski definition) is 5. The number of aromatic nitrogens is 1. The highest BCUT2D eigenvalue weighted by Gasteiger charge is 2.31. The molecule has 2 aromatic carbocycles. The van der Waals surface area contributed by atoms with Crippen molar-refractivity contribution in [2.45, 2.75) is 11.4 Å². The highest BCUT2D eigenvalue weighted by Crippen LogP contribution is 2.32. The molecule has 0 fully saturated rings. The summed E-state index contributed by atoms with van der Waals surface area (Å²) in [4.78, 5) is 16.1. The summed E-state index contributed by atoms with van der Waals surface area (Å²) in [5.41, 5.74) is -0.507. The number of oxazole rings is 1. The Morgan fingerprint density at radius 1 is 1.19 bits per heavy atom. The van der Waals surface area contributed by atoms with E-state index in [1.807, 2.05) is 0 Å². The quantitative estimate of drug-likeness (QED) is 0.690. The zero-order chi connectivity index (χ0) is 20.0. The first-order valence-corrected chi connectivity index (χ1v) is 9.51. The number of anilines is 1. The molecule has 1 heterocycles. The number of carbonyl (C=O) groups is 1. The normalized spacial score (nSPS) is 12.3. The van der Waals surface area contributed by atoms with Gasteiger partial charge in [-0.15, -0.1) is 0 Å². The first kappa shape index (κ1) is 19.2. The minimum Gasteiger partial charge on any atom is -0.428 e. The topological polar surface area (TPSA) is 89.3 Å². The van der Waals surface area contributed by atoms with Gasteiger partial charge in [-0.05, 0) is 36.4 Å². The van der Waals surface area contributed by atoms with E-state index in [9.17, 15) is 26.4 Å². The number of fused-ring (bicyclic) bond motifs is 1. The van der Waals surface area contributed by atoms with Gasteiger partial charge in [0.25, 0.3) is 5.91 Å². The van der Waals surface area contributed by atoms with Crippen molar-refractivity contribution in [1.82, 2.24) is 4.98 Å². The van der Waals surface area contributed by atoms with Gasteiger partial charge in [0.1, 0.15) is 5.52 Å². The standard InChI is InChI=1S/C16H10ClF3N2O4S/c1-27(24,25)15-22-12-7-9(3-5-13(12)26-15)21-14(23)10-4-2-8(6-11(10)17)16(18,19)20/h2-7H,1H3,(H,21,23). The maximum absolute atomic E-state index is 12.7. The van der Waals surface area contributed by atoms with Crippen LogP contribution in [0.15, 0.2) is 46.0 Å². The Balaban J connectivity index is 1.88. The largest absolute Gasteiger partial charge is 0.428 e. The molecule has 1 amide bonds. The van der Waals surface area contributed by atoms with E-state index in [1.54, 1.807) is 0 Å².